The lowest BCUT2D eigenvalue weighted by Gasteiger charge is -2.11. The van der Waals surface area contributed by atoms with Gasteiger partial charge in [-0.1, -0.05) is 0 Å². The predicted octanol–water partition coefficient (Wildman–Crippen LogP) is -0.0606. The number of nitrogens with one attached hydrogen (secondary N) is 3. The van der Waals surface area contributed by atoms with Gasteiger partial charge >= 0.3 is 0 Å². The topological polar surface area (TPSA) is 130 Å². The van der Waals surface area contributed by atoms with Crippen molar-refractivity contribution >= 4 is 10.0 Å². The van der Waals surface area contributed by atoms with E-state index in [0.29, 0.717) is 17.1 Å². The predicted molar refractivity (Wildman–Crippen MR) is 68.5 cm³/mol. The molecule has 104 valence electrons. The number of hydrogen-bond donors (Lipinski definition) is 4. The van der Waals surface area contributed by atoms with Crippen LogP contribution in [0.1, 0.15) is 30.0 Å². The van der Waals surface area contributed by atoms with E-state index in [1.807, 2.05) is 0 Å². The van der Waals surface area contributed by atoms with Crippen molar-refractivity contribution in [2.24, 2.45) is 5.73 Å². The van der Waals surface area contributed by atoms with Gasteiger partial charge in [-0.2, -0.15) is 9.82 Å². The van der Waals surface area contributed by atoms with E-state index in [0.717, 1.165) is 0 Å². The molecule has 0 radical (unpaired) electrons. The lowest BCUT2D eigenvalue weighted by atomic mass is 10.3. The highest BCUT2D eigenvalue weighted by Gasteiger charge is 2.25. The molecule has 0 bridgehead atoms. The molecule has 1 unspecified atom stereocenters. The van der Waals surface area contributed by atoms with Crippen molar-refractivity contribution in [1.82, 2.24) is 24.9 Å². The second kappa shape index (κ2) is 5.11. The fourth-order valence-electron chi connectivity index (χ4n) is 1.75. The molecule has 0 saturated carbocycles. The van der Waals surface area contributed by atoms with Gasteiger partial charge in [-0.15, -0.1) is 0 Å². The number of sulfonamides is 1. The van der Waals surface area contributed by atoms with Crippen LogP contribution < -0.4 is 10.5 Å². The standard InChI is InChI=1S/C10H16N6O2S/c1-6-8(5-11)10(15-14-6)19(17,18)16-7(2)9-12-3-4-13-9/h3-4,7,16H,5,11H2,1-2H3,(H,12,13)(H,14,15). The fraction of sp³-hybridized carbons (Fsp3) is 0.400. The molecule has 1 atom stereocenters. The Kier molecular flexibility index (Phi) is 3.69. The molecule has 2 aromatic heterocycles. The van der Waals surface area contributed by atoms with Gasteiger partial charge < -0.3 is 10.7 Å². The first-order valence-corrected chi connectivity index (χ1v) is 7.19. The fourth-order valence-corrected chi connectivity index (χ4v) is 3.17. The van der Waals surface area contributed by atoms with Crippen molar-refractivity contribution in [2.45, 2.75) is 31.5 Å². The van der Waals surface area contributed by atoms with Crippen LogP contribution in [0.25, 0.3) is 0 Å². The first-order valence-electron chi connectivity index (χ1n) is 5.71. The highest BCUT2D eigenvalue weighted by Crippen LogP contribution is 2.18. The molecule has 19 heavy (non-hydrogen) atoms. The number of aromatic nitrogens is 4. The highest BCUT2D eigenvalue weighted by atomic mass is 32.2. The lowest BCUT2D eigenvalue weighted by Crippen LogP contribution is -2.29. The third kappa shape index (κ3) is 2.67. The van der Waals surface area contributed by atoms with Crippen LogP contribution in [0.2, 0.25) is 0 Å². The number of aryl methyl sites for hydroxylation is 1. The molecule has 0 aromatic carbocycles. The van der Waals surface area contributed by atoms with Gasteiger partial charge in [0.05, 0.1) is 6.04 Å². The Morgan fingerprint density at radius 1 is 1.53 bits per heavy atom. The summed E-state index contributed by atoms with van der Waals surface area (Å²) in [6.07, 6.45) is 3.19. The van der Waals surface area contributed by atoms with Crippen LogP contribution in [0, 0.1) is 6.92 Å². The van der Waals surface area contributed by atoms with Crippen LogP contribution in [-0.2, 0) is 16.6 Å². The van der Waals surface area contributed by atoms with Gasteiger partial charge in [0.1, 0.15) is 5.82 Å². The number of H-pyrrole nitrogens is 2. The van der Waals surface area contributed by atoms with E-state index in [2.05, 4.69) is 24.9 Å². The van der Waals surface area contributed by atoms with Gasteiger partial charge in [-0.05, 0) is 13.8 Å². The third-order valence-electron chi connectivity index (χ3n) is 2.76. The van der Waals surface area contributed by atoms with E-state index in [1.165, 1.54) is 0 Å². The molecule has 5 N–H and O–H groups in total. The normalized spacial score (nSPS) is 13.6. The van der Waals surface area contributed by atoms with E-state index < -0.39 is 16.1 Å². The van der Waals surface area contributed by atoms with E-state index in [1.54, 1.807) is 26.2 Å². The largest absolute Gasteiger partial charge is 0.347 e. The molecule has 0 aliphatic heterocycles. The summed E-state index contributed by atoms with van der Waals surface area (Å²) in [5.74, 6) is 0.533. The Balaban J connectivity index is 2.28. The molecule has 8 nitrogen and oxygen atoms in total. The van der Waals surface area contributed by atoms with Crippen molar-refractivity contribution in [2.75, 3.05) is 0 Å². The Morgan fingerprint density at radius 3 is 2.84 bits per heavy atom. The quantitative estimate of drug-likeness (QED) is 0.611. The van der Waals surface area contributed by atoms with Crippen LogP contribution >= 0.6 is 0 Å². The molecule has 2 heterocycles. The molecule has 0 fully saturated rings. The summed E-state index contributed by atoms with van der Waals surface area (Å²) in [6.45, 7) is 3.52. The van der Waals surface area contributed by atoms with E-state index in [-0.39, 0.29) is 11.6 Å². The number of hydrogen-bond acceptors (Lipinski definition) is 5. The minimum atomic E-state index is -3.74. The maximum Gasteiger partial charge on any atom is 0.260 e. The van der Waals surface area contributed by atoms with E-state index >= 15 is 0 Å². The summed E-state index contributed by atoms with van der Waals surface area (Å²) in [5.41, 5.74) is 6.68. The summed E-state index contributed by atoms with van der Waals surface area (Å²) in [4.78, 5) is 6.86. The van der Waals surface area contributed by atoms with Gasteiger partial charge in [0.25, 0.3) is 10.0 Å². The maximum atomic E-state index is 12.2. The van der Waals surface area contributed by atoms with Crippen LogP contribution in [-0.4, -0.2) is 28.6 Å². The van der Waals surface area contributed by atoms with Crippen molar-refractivity contribution in [3.8, 4) is 0 Å². The zero-order valence-corrected chi connectivity index (χ0v) is 11.5. The van der Waals surface area contributed by atoms with Crippen molar-refractivity contribution in [1.29, 1.82) is 0 Å². The SMILES string of the molecule is Cc1[nH]nc(S(=O)(=O)NC(C)c2ncc[nH]2)c1CN. The third-order valence-corrected chi connectivity index (χ3v) is 4.27. The zero-order valence-electron chi connectivity index (χ0n) is 10.6. The lowest BCUT2D eigenvalue weighted by molar-refractivity contribution is 0.556. The monoisotopic (exact) mass is 284 g/mol. The number of aromatic amines is 2. The molecule has 0 aliphatic carbocycles. The molecule has 0 saturated heterocycles. The molecule has 2 aromatic rings. The first-order chi connectivity index (χ1) is 8.95. The molecular weight excluding hydrogens is 268 g/mol. The average Bonchev–Trinajstić information content (AvgIpc) is 2.96. The van der Waals surface area contributed by atoms with Crippen molar-refractivity contribution < 1.29 is 8.42 Å². The van der Waals surface area contributed by atoms with E-state index in [4.69, 9.17) is 5.73 Å². The minimum Gasteiger partial charge on any atom is -0.347 e. The Bertz CT molecular complexity index is 646. The summed E-state index contributed by atoms with van der Waals surface area (Å²) in [7, 11) is -3.74. The Morgan fingerprint density at radius 2 is 2.26 bits per heavy atom. The smallest absolute Gasteiger partial charge is 0.260 e. The molecule has 9 heteroatoms. The zero-order chi connectivity index (χ0) is 14.0. The molecule has 0 spiro atoms. The Hall–Kier alpha value is -1.71. The van der Waals surface area contributed by atoms with E-state index in [9.17, 15) is 8.42 Å². The number of nitrogens with zero attached hydrogens (tertiary/aromatic N) is 2. The molecule has 0 amide bonds. The number of rotatable bonds is 5. The average molecular weight is 284 g/mol. The summed E-state index contributed by atoms with van der Waals surface area (Å²) in [5, 5.41) is 6.37. The summed E-state index contributed by atoms with van der Waals surface area (Å²) in [6, 6.07) is -0.484. The van der Waals surface area contributed by atoms with Gasteiger partial charge in [-0.25, -0.2) is 13.4 Å². The maximum absolute atomic E-state index is 12.2. The first kappa shape index (κ1) is 13.7. The molecular formula is C10H16N6O2S. The van der Waals surface area contributed by atoms with Gasteiger partial charge in [0, 0.05) is 30.2 Å². The number of imidazole rings is 1. The van der Waals surface area contributed by atoms with Crippen LogP contribution in [0.15, 0.2) is 17.4 Å². The van der Waals surface area contributed by atoms with Gasteiger partial charge in [0.15, 0.2) is 5.03 Å². The molecule has 2 rings (SSSR count). The summed E-state index contributed by atoms with van der Waals surface area (Å²) >= 11 is 0. The van der Waals surface area contributed by atoms with Gasteiger partial charge in [-0.3, -0.25) is 5.10 Å². The minimum absolute atomic E-state index is 0.0640. The van der Waals surface area contributed by atoms with Crippen LogP contribution in [0.3, 0.4) is 0 Å². The second-order valence-corrected chi connectivity index (χ2v) is 5.78. The van der Waals surface area contributed by atoms with Crippen LogP contribution in [0.4, 0.5) is 0 Å². The van der Waals surface area contributed by atoms with Gasteiger partial charge in [0.2, 0.25) is 0 Å². The van der Waals surface area contributed by atoms with Crippen LogP contribution in [0.5, 0.6) is 0 Å². The number of nitrogens with two attached hydrogens (primary N) is 1. The van der Waals surface area contributed by atoms with Crippen molar-refractivity contribution in [3.63, 3.8) is 0 Å². The molecule has 0 aliphatic rings. The Labute approximate surface area is 110 Å². The second-order valence-electron chi connectivity index (χ2n) is 4.15. The van der Waals surface area contributed by atoms with Crippen molar-refractivity contribution in [3.05, 3.63) is 29.5 Å². The summed E-state index contributed by atoms with van der Waals surface area (Å²) < 4.78 is 27.0. The highest BCUT2D eigenvalue weighted by molar-refractivity contribution is 7.89.